The Kier molecular flexibility index (Phi) is 3.77. The molecule has 0 saturated carbocycles. The fraction of sp³-hybridized carbons (Fsp3) is 0.125. The monoisotopic (exact) mass is 320 g/mol. The predicted molar refractivity (Wildman–Crippen MR) is 78.5 cm³/mol. The quantitative estimate of drug-likeness (QED) is 0.902. The molecule has 2 aromatic rings. The van der Waals surface area contributed by atoms with Crippen LogP contribution in [0.1, 0.15) is 33.7 Å². The van der Waals surface area contributed by atoms with Crippen molar-refractivity contribution in [1.29, 1.82) is 0 Å². The second-order valence-corrected chi connectivity index (χ2v) is 5.02. The maximum absolute atomic E-state index is 14.7. The van der Waals surface area contributed by atoms with Crippen LogP contribution in [0.5, 0.6) is 0 Å². The average Bonchev–Trinajstić information content (AvgIpc) is 2.55. The molecular formula is C16H11F3N2O2. The van der Waals surface area contributed by atoms with Crippen LogP contribution >= 0.6 is 0 Å². The number of halogens is 3. The number of aromatic carboxylic acids is 1. The van der Waals surface area contributed by atoms with E-state index in [4.69, 9.17) is 5.11 Å². The number of rotatable bonds is 3. The van der Waals surface area contributed by atoms with Gasteiger partial charge in [-0.25, -0.2) is 18.0 Å². The van der Waals surface area contributed by atoms with Crippen LogP contribution in [0.25, 0.3) is 0 Å². The summed E-state index contributed by atoms with van der Waals surface area (Å²) in [5.41, 5.74) is 0.331. The van der Waals surface area contributed by atoms with Crippen molar-refractivity contribution in [2.24, 2.45) is 4.99 Å². The highest BCUT2D eigenvalue weighted by atomic mass is 19.2. The topological polar surface area (TPSA) is 61.7 Å². The van der Waals surface area contributed by atoms with Crippen molar-refractivity contribution in [2.75, 3.05) is 5.32 Å². The number of carboxylic acids is 1. The first-order valence-corrected chi connectivity index (χ1v) is 6.72. The van der Waals surface area contributed by atoms with Crippen molar-refractivity contribution in [3.05, 3.63) is 64.7 Å². The third-order valence-corrected chi connectivity index (χ3v) is 3.63. The Morgan fingerprint density at radius 3 is 2.78 bits per heavy atom. The molecule has 0 spiro atoms. The maximum atomic E-state index is 14.7. The van der Waals surface area contributed by atoms with Gasteiger partial charge in [-0.1, -0.05) is 18.2 Å². The Balaban J connectivity index is 2.01. The van der Waals surface area contributed by atoms with Gasteiger partial charge in [0.05, 0.1) is 11.9 Å². The van der Waals surface area contributed by atoms with Gasteiger partial charge in [0, 0.05) is 16.8 Å². The molecule has 1 heterocycles. The predicted octanol–water partition coefficient (Wildman–Crippen LogP) is 3.87. The molecule has 2 N–H and O–H groups in total. The van der Waals surface area contributed by atoms with Gasteiger partial charge in [-0.05, 0) is 18.2 Å². The van der Waals surface area contributed by atoms with Crippen LogP contribution in [0.4, 0.5) is 18.9 Å². The number of nitrogens with zero attached hydrogens (tertiary/aromatic N) is 1. The molecular weight excluding hydrogens is 309 g/mol. The van der Waals surface area contributed by atoms with Crippen LogP contribution in [0.3, 0.4) is 0 Å². The van der Waals surface area contributed by atoms with Crippen molar-refractivity contribution in [3.8, 4) is 0 Å². The molecule has 0 bridgehead atoms. The number of aliphatic imine (C=N–C) groups is 1. The molecule has 1 aliphatic rings. The van der Waals surface area contributed by atoms with E-state index in [1.165, 1.54) is 30.6 Å². The van der Waals surface area contributed by atoms with Crippen LogP contribution in [-0.2, 0) is 0 Å². The lowest BCUT2D eigenvalue weighted by atomic mass is 9.94. The zero-order valence-corrected chi connectivity index (χ0v) is 11.6. The minimum Gasteiger partial charge on any atom is -0.478 e. The first kappa shape index (κ1) is 15.1. The second-order valence-electron chi connectivity index (χ2n) is 5.02. The number of fused-ring (bicyclic) bond motifs is 1. The molecule has 2 aromatic carbocycles. The number of benzene rings is 2. The number of carboxylic acid groups (broad SMARTS) is 1. The molecule has 118 valence electrons. The number of nitrogens with one attached hydrogen (secondary N) is 1. The molecule has 0 fully saturated rings. The number of anilines is 1. The third-order valence-electron chi connectivity index (χ3n) is 3.63. The van der Waals surface area contributed by atoms with Crippen molar-refractivity contribution in [2.45, 2.75) is 12.2 Å². The van der Waals surface area contributed by atoms with Gasteiger partial charge in [0.1, 0.15) is 6.04 Å². The van der Waals surface area contributed by atoms with E-state index in [0.717, 1.165) is 12.1 Å². The molecule has 2 unspecified atom stereocenters. The molecule has 0 amide bonds. The summed E-state index contributed by atoms with van der Waals surface area (Å²) in [4.78, 5) is 14.9. The summed E-state index contributed by atoms with van der Waals surface area (Å²) in [6.07, 6.45) is -0.693. The Labute approximate surface area is 129 Å². The normalized spacial score (nSPS) is 17.3. The van der Waals surface area contributed by atoms with Crippen molar-refractivity contribution in [1.82, 2.24) is 0 Å². The van der Waals surface area contributed by atoms with E-state index < -0.39 is 35.4 Å². The van der Waals surface area contributed by atoms with Gasteiger partial charge in [0.25, 0.3) is 0 Å². The van der Waals surface area contributed by atoms with Gasteiger partial charge in [-0.15, -0.1) is 0 Å². The molecule has 0 aliphatic carbocycles. The smallest absolute Gasteiger partial charge is 0.335 e. The Morgan fingerprint density at radius 2 is 2.04 bits per heavy atom. The SMILES string of the molecule is O=C(O)c1ccc2c(c1)NC=NC2C(F)c1cccc(F)c1F. The molecule has 4 nitrogen and oxygen atoms in total. The number of carbonyl (C=O) groups is 1. The Hall–Kier alpha value is -2.83. The van der Waals surface area contributed by atoms with Gasteiger partial charge in [0.15, 0.2) is 17.8 Å². The van der Waals surface area contributed by atoms with E-state index in [0.29, 0.717) is 11.3 Å². The molecule has 0 radical (unpaired) electrons. The summed E-state index contributed by atoms with van der Waals surface area (Å²) >= 11 is 0. The van der Waals surface area contributed by atoms with E-state index in [-0.39, 0.29) is 5.56 Å². The third kappa shape index (κ3) is 2.65. The maximum Gasteiger partial charge on any atom is 0.335 e. The lowest BCUT2D eigenvalue weighted by molar-refractivity contribution is 0.0697. The van der Waals surface area contributed by atoms with Gasteiger partial charge in [-0.3, -0.25) is 4.99 Å². The van der Waals surface area contributed by atoms with Crippen LogP contribution in [0.15, 0.2) is 41.4 Å². The lowest BCUT2D eigenvalue weighted by Gasteiger charge is -2.24. The average molecular weight is 320 g/mol. The number of hydrogen-bond donors (Lipinski definition) is 2. The zero-order valence-electron chi connectivity index (χ0n) is 11.6. The van der Waals surface area contributed by atoms with Crippen molar-refractivity contribution in [3.63, 3.8) is 0 Å². The number of alkyl halides is 1. The summed E-state index contributed by atoms with van der Waals surface area (Å²) in [5.74, 6) is -3.51. The van der Waals surface area contributed by atoms with Crippen LogP contribution in [0, 0.1) is 11.6 Å². The van der Waals surface area contributed by atoms with Gasteiger partial charge in [0.2, 0.25) is 0 Å². The summed E-state index contributed by atoms with van der Waals surface area (Å²) < 4.78 is 41.8. The molecule has 1 aliphatic heterocycles. The highest BCUT2D eigenvalue weighted by Gasteiger charge is 2.31. The van der Waals surface area contributed by atoms with Gasteiger partial charge in [-0.2, -0.15) is 0 Å². The zero-order chi connectivity index (χ0) is 16.6. The van der Waals surface area contributed by atoms with E-state index in [1.807, 2.05) is 0 Å². The molecule has 0 saturated heterocycles. The van der Waals surface area contributed by atoms with E-state index >= 15 is 0 Å². The van der Waals surface area contributed by atoms with Gasteiger partial charge >= 0.3 is 5.97 Å². The minimum atomic E-state index is -1.90. The van der Waals surface area contributed by atoms with Crippen molar-refractivity contribution >= 4 is 18.0 Å². The molecule has 7 heteroatoms. The Morgan fingerprint density at radius 1 is 1.26 bits per heavy atom. The molecule has 23 heavy (non-hydrogen) atoms. The minimum absolute atomic E-state index is 0.0256. The first-order valence-electron chi connectivity index (χ1n) is 6.72. The van der Waals surface area contributed by atoms with Crippen LogP contribution < -0.4 is 5.32 Å². The summed E-state index contributed by atoms with van der Waals surface area (Å²) in [6, 6.07) is 6.26. The summed E-state index contributed by atoms with van der Waals surface area (Å²) in [5, 5.41) is 11.7. The van der Waals surface area contributed by atoms with Crippen LogP contribution in [0.2, 0.25) is 0 Å². The van der Waals surface area contributed by atoms with E-state index in [9.17, 15) is 18.0 Å². The highest BCUT2D eigenvalue weighted by molar-refractivity contribution is 5.91. The van der Waals surface area contributed by atoms with E-state index in [1.54, 1.807) is 0 Å². The summed E-state index contributed by atoms with van der Waals surface area (Å²) in [6.45, 7) is 0. The highest BCUT2D eigenvalue weighted by Crippen LogP contribution is 2.41. The largest absolute Gasteiger partial charge is 0.478 e. The molecule has 0 aromatic heterocycles. The fourth-order valence-corrected chi connectivity index (χ4v) is 2.48. The second kappa shape index (κ2) is 5.75. The van der Waals surface area contributed by atoms with Crippen molar-refractivity contribution < 1.29 is 23.1 Å². The first-order chi connectivity index (χ1) is 11.0. The van der Waals surface area contributed by atoms with E-state index in [2.05, 4.69) is 10.3 Å². The van der Waals surface area contributed by atoms with Crippen LogP contribution in [-0.4, -0.2) is 17.4 Å². The number of hydrogen-bond acceptors (Lipinski definition) is 3. The fourth-order valence-electron chi connectivity index (χ4n) is 2.48. The van der Waals surface area contributed by atoms with Gasteiger partial charge < -0.3 is 10.4 Å². The molecule has 2 atom stereocenters. The summed E-state index contributed by atoms with van der Waals surface area (Å²) in [7, 11) is 0. The standard InChI is InChI=1S/C16H11F3N2O2/c17-11-3-1-2-10(13(11)18)14(19)15-9-5-4-8(16(22)23)6-12(9)20-7-21-15/h1-7,14-15H,(H,20,21)(H,22,23). The lowest BCUT2D eigenvalue weighted by Crippen LogP contribution is -2.16. The molecule has 3 rings (SSSR count). The Bertz CT molecular complexity index is 808.